The minimum atomic E-state index is -3.79. The zero-order chi connectivity index (χ0) is 29.5. The van der Waals surface area contributed by atoms with Crippen molar-refractivity contribution >= 4 is 55.4 Å². The molecule has 1 aliphatic heterocycles. The summed E-state index contributed by atoms with van der Waals surface area (Å²) in [5.41, 5.74) is 3.53. The van der Waals surface area contributed by atoms with E-state index in [2.05, 4.69) is 32.5 Å². The Morgan fingerprint density at radius 3 is 2.29 bits per heavy atom. The number of piperazine rings is 1. The number of aryl methyl sites for hydroxylation is 1. The third-order valence-electron chi connectivity index (χ3n) is 6.93. The molecule has 0 bridgehead atoms. The highest BCUT2D eigenvalue weighted by atomic mass is 127. The van der Waals surface area contributed by atoms with E-state index in [1.165, 1.54) is 3.97 Å². The Labute approximate surface area is 254 Å². The second-order valence-corrected chi connectivity index (χ2v) is 14.0. The number of pyridine rings is 1. The summed E-state index contributed by atoms with van der Waals surface area (Å²) in [4.78, 5) is 21.2. The summed E-state index contributed by atoms with van der Waals surface area (Å²) in [7, 11) is -2.16. The lowest BCUT2D eigenvalue weighted by Gasteiger charge is -2.37. The van der Waals surface area contributed by atoms with Crippen LogP contribution in [0.3, 0.4) is 0 Å². The number of ether oxygens (including phenoxy) is 2. The first-order valence-corrected chi connectivity index (χ1v) is 15.8. The minimum absolute atomic E-state index is 0.217. The molecule has 4 aromatic rings. The fraction of sp³-hybridized carbons (Fsp3) is 0.333. The van der Waals surface area contributed by atoms with Gasteiger partial charge in [0, 0.05) is 53.1 Å². The molecule has 41 heavy (non-hydrogen) atoms. The molecule has 1 aliphatic rings. The normalized spacial score (nSPS) is 14.4. The maximum atomic E-state index is 13.4. The van der Waals surface area contributed by atoms with E-state index in [0.717, 1.165) is 31.3 Å². The number of methoxy groups -OCH3 is 1. The van der Waals surface area contributed by atoms with Crippen molar-refractivity contribution in [1.82, 2.24) is 13.9 Å². The molecule has 1 fully saturated rings. The number of amides is 1. The fourth-order valence-electron chi connectivity index (χ4n) is 4.78. The lowest BCUT2D eigenvalue weighted by atomic mass is 10.0. The lowest BCUT2D eigenvalue weighted by molar-refractivity contribution is 0.0240. The molecule has 3 heterocycles. The molecule has 11 heteroatoms. The Kier molecular flexibility index (Phi) is 7.94. The van der Waals surface area contributed by atoms with Gasteiger partial charge in [0.05, 0.1) is 17.7 Å². The zero-order valence-corrected chi connectivity index (χ0v) is 26.7. The van der Waals surface area contributed by atoms with Gasteiger partial charge in [-0.25, -0.2) is 22.2 Å². The molecule has 0 saturated carbocycles. The van der Waals surface area contributed by atoms with Crippen molar-refractivity contribution in [3.8, 4) is 16.9 Å². The zero-order valence-electron chi connectivity index (χ0n) is 23.7. The van der Waals surface area contributed by atoms with Gasteiger partial charge in [-0.15, -0.1) is 0 Å². The average molecular weight is 689 g/mol. The van der Waals surface area contributed by atoms with Gasteiger partial charge in [-0.3, -0.25) is 0 Å². The lowest BCUT2D eigenvalue weighted by Crippen LogP contribution is -2.50. The molecule has 5 rings (SSSR count). The van der Waals surface area contributed by atoms with Crippen molar-refractivity contribution in [3.05, 3.63) is 70.1 Å². The van der Waals surface area contributed by atoms with Crippen LogP contribution in [0, 0.1) is 10.5 Å². The molecule has 0 spiro atoms. The second-order valence-electron chi connectivity index (χ2n) is 11.0. The molecular weight excluding hydrogens is 655 g/mol. The van der Waals surface area contributed by atoms with Crippen LogP contribution in [0.2, 0.25) is 0 Å². The van der Waals surface area contributed by atoms with Crippen LogP contribution in [0.15, 0.2) is 65.8 Å². The molecule has 0 atom stereocenters. The van der Waals surface area contributed by atoms with Gasteiger partial charge in [0.1, 0.15) is 11.4 Å². The Morgan fingerprint density at radius 2 is 1.66 bits per heavy atom. The molecule has 0 aliphatic carbocycles. The number of benzene rings is 2. The monoisotopic (exact) mass is 688 g/mol. The highest BCUT2D eigenvalue weighted by Crippen LogP contribution is 2.36. The van der Waals surface area contributed by atoms with E-state index in [1.807, 2.05) is 52.0 Å². The summed E-state index contributed by atoms with van der Waals surface area (Å²) in [5.74, 6) is 0.711. The van der Waals surface area contributed by atoms with E-state index in [-0.39, 0.29) is 11.0 Å². The third kappa shape index (κ3) is 6.01. The molecular formula is C30H33IN4O5S. The van der Waals surface area contributed by atoms with Crippen LogP contribution < -0.4 is 9.64 Å². The largest absolute Gasteiger partial charge is 0.495 e. The van der Waals surface area contributed by atoms with Crippen molar-refractivity contribution in [2.75, 3.05) is 38.2 Å². The van der Waals surface area contributed by atoms with Crippen LogP contribution in [0.1, 0.15) is 26.3 Å². The summed E-state index contributed by atoms with van der Waals surface area (Å²) in [6.45, 7) is 9.94. The summed E-state index contributed by atoms with van der Waals surface area (Å²) >= 11 is 2.15. The fourth-order valence-corrected chi connectivity index (χ4v) is 6.97. The molecule has 0 unspecified atom stereocenters. The van der Waals surface area contributed by atoms with E-state index in [0.29, 0.717) is 37.6 Å². The number of hydrogen-bond acceptors (Lipinski definition) is 7. The number of fused-ring (bicyclic) bond motifs is 1. The average Bonchev–Trinajstić information content (AvgIpc) is 3.28. The van der Waals surface area contributed by atoms with Gasteiger partial charge in [0.2, 0.25) is 0 Å². The van der Waals surface area contributed by atoms with Gasteiger partial charge < -0.3 is 19.3 Å². The van der Waals surface area contributed by atoms with Gasteiger partial charge in [0.15, 0.2) is 5.65 Å². The number of aromatic nitrogens is 2. The Hall–Kier alpha value is -3.32. The topological polar surface area (TPSA) is 94.0 Å². The molecule has 0 N–H and O–H groups in total. The molecule has 1 amide bonds. The van der Waals surface area contributed by atoms with Crippen LogP contribution in [-0.4, -0.2) is 67.3 Å². The predicted molar refractivity (Wildman–Crippen MR) is 168 cm³/mol. The van der Waals surface area contributed by atoms with E-state index < -0.39 is 15.6 Å². The van der Waals surface area contributed by atoms with Crippen LogP contribution in [0.4, 0.5) is 10.5 Å². The summed E-state index contributed by atoms with van der Waals surface area (Å²) in [6, 6.07) is 14.7. The Balaban J connectivity index is 1.39. The van der Waals surface area contributed by atoms with Crippen molar-refractivity contribution in [2.24, 2.45) is 0 Å². The van der Waals surface area contributed by atoms with Crippen molar-refractivity contribution in [3.63, 3.8) is 0 Å². The predicted octanol–water partition coefficient (Wildman–Crippen LogP) is 5.92. The second kappa shape index (κ2) is 11.2. The van der Waals surface area contributed by atoms with Crippen molar-refractivity contribution in [2.45, 2.75) is 38.2 Å². The molecule has 9 nitrogen and oxygen atoms in total. The first-order valence-electron chi connectivity index (χ1n) is 13.3. The highest BCUT2D eigenvalue weighted by Gasteiger charge is 2.27. The molecule has 2 aromatic carbocycles. The number of carbonyl (C=O) groups is 1. The SMILES string of the molecule is COc1cc(-c2cnc3c(c2)c(I)cn3S(=O)(=O)c2ccc(C)cc2)ccc1N1CCN(C(=O)OC(C)(C)C)CC1. The number of nitrogens with zero attached hydrogens (tertiary/aromatic N) is 4. The van der Waals surface area contributed by atoms with E-state index in [9.17, 15) is 13.2 Å². The number of anilines is 1. The summed E-state index contributed by atoms with van der Waals surface area (Å²) < 4.78 is 40.1. The maximum Gasteiger partial charge on any atom is 0.410 e. The molecule has 216 valence electrons. The Bertz CT molecular complexity index is 1700. The van der Waals surface area contributed by atoms with Gasteiger partial charge in [-0.2, -0.15) is 0 Å². The number of carbonyl (C=O) groups excluding carboxylic acids is 1. The van der Waals surface area contributed by atoms with Gasteiger partial charge in [-0.1, -0.05) is 23.8 Å². The van der Waals surface area contributed by atoms with E-state index in [4.69, 9.17) is 9.47 Å². The van der Waals surface area contributed by atoms with Crippen molar-refractivity contribution < 1.29 is 22.7 Å². The summed E-state index contributed by atoms with van der Waals surface area (Å²) in [6.07, 6.45) is 3.00. The third-order valence-corrected chi connectivity index (χ3v) is 9.45. The Morgan fingerprint density at radius 1 is 0.976 bits per heavy atom. The van der Waals surface area contributed by atoms with Crippen LogP contribution in [0.25, 0.3) is 22.2 Å². The first kappa shape index (κ1) is 29.2. The van der Waals surface area contributed by atoms with Crippen LogP contribution in [0.5, 0.6) is 5.75 Å². The maximum absolute atomic E-state index is 13.4. The van der Waals surface area contributed by atoms with E-state index in [1.54, 1.807) is 48.7 Å². The number of halogens is 1. The van der Waals surface area contributed by atoms with Crippen LogP contribution >= 0.6 is 22.6 Å². The molecule has 2 aromatic heterocycles. The van der Waals surface area contributed by atoms with Gasteiger partial charge >= 0.3 is 6.09 Å². The van der Waals surface area contributed by atoms with E-state index >= 15 is 0 Å². The quantitative estimate of drug-likeness (QED) is 0.241. The number of hydrogen-bond donors (Lipinski definition) is 0. The standard InChI is InChI=1S/C30H33IN4O5S/c1-20-6-9-23(10-7-20)41(37,38)35-19-25(31)24-16-22(18-32-28(24)35)21-8-11-26(27(17-21)39-5)33-12-14-34(15-13-33)29(36)40-30(2,3)4/h6-11,16-19H,12-15H2,1-5H3. The minimum Gasteiger partial charge on any atom is -0.495 e. The molecule has 1 saturated heterocycles. The number of rotatable bonds is 5. The first-order chi connectivity index (χ1) is 19.4. The van der Waals surface area contributed by atoms with Gasteiger partial charge in [0.25, 0.3) is 10.0 Å². The highest BCUT2D eigenvalue weighted by molar-refractivity contribution is 14.1. The summed E-state index contributed by atoms with van der Waals surface area (Å²) in [5, 5.41) is 0.750. The smallest absolute Gasteiger partial charge is 0.410 e. The van der Waals surface area contributed by atoms with Crippen LogP contribution in [-0.2, 0) is 14.8 Å². The molecule has 0 radical (unpaired) electrons. The van der Waals surface area contributed by atoms with Crippen molar-refractivity contribution in [1.29, 1.82) is 0 Å². The van der Waals surface area contributed by atoms with Gasteiger partial charge in [-0.05, 0) is 86.2 Å².